The van der Waals surface area contributed by atoms with Crippen LogP contribution < -0.4 is 10.6 Å². The minimum absolute atomic E-state index is 0.0941. The second-order valence-corrected chi connectivity index (χ2v) is 12.6. The van der Waals surface area contributed by atoms with E-state index in [0.717, 1.165) is 18.4 Å². The molecule has 0 heterocycles. The van der Waals surface area contributed by atoms with E-state index < -0.39 is 25.0 Å². The first-order chi connectivity index (χ1) is 18.0. The lowest BCUT2D eigenvalue weighted by atomic mass is 10.1. The summed E-state index contributed by atoms with van der Waals surface area (Å²) in [4.78, 5) is 51.7. The van der Waals surface area contributed by atoms with Gasteiger partial charge < -0.3 is 20.4 Å². The zero-order chi connectivity index (χ0) is 28.3. The number of benzene rings is 2. The van der Waals surface area contributed by atoms with Crippen molar-refractivity contribution < 1.29 is 23.8 Å². The van der Waals surface area contributed by atoms with Gasteiger partial charge in [0.2, 0.25) is 13.3 Å². The van der Waals surface area contributed by atoms with Crippen molar-refractivity contribution in [2.75, 3.05) is 19.3 Å². The number of carbonyl (C=O) groups excluding carboxylic acids is 3. The van der Waals surface area contributed by atoms with Crippen molar-refractivity contribution in [3.05, 3.63) is 71.3 Å². The first-order valence-electron chi connectivity index (χ1n) is 13.3. The molecule has 0 fully saturated rings. The molecule has 0 saturated carbocycles. The molecule has 0 aromatic heterocycles. The molecule has 9 heteroatoms. The van der Waals surface area contributed by atoms with Crippen LogP contribution in [0.1, 0.15) is 73.7 Å². The normalized spacial score (nSPS) is 14.3. The van der Waals surface area contributed by atoms with Crippen LogP contribution in [0.3, 0.4) is 0 Å². The van der Waals surface area contributed by atoms with Crippen molar-refractivity contribution in [3.8, 4) is 0 Å². The monoisotopic (exact) mass is 543 g/mol. The molecule has 2 rings (SSSR count). The molecule has 0 saturated heterocycles. The van der Waals surface area contributed by atoms with Gasteiger partial charge in [-0.05, 0) is 50.5 Å². The summed E-state index contributed by atoms with van der Waals surface area (Å²) in [7, 11) is -4.03. The van der Waals surface area contributed by atoms with Crippen molar-refractivity contribution in [3.63, 3.8) is 0 Å². The van der Waals surface area contributed by atoms with Crippen LogP contribution in [0.15, 0.2) is 54.6 Å². The lowest BCUT2D eigenvalue weighted by Gasteiger charge is -2.27. The van der Waals surface area contributed by atoms with E-state index in [2.05, 4.69) is 10.6 Å². The summed E-state index contributed by atoms with van der Waals surface area (Å²) in [6.45, 7) is 10.5. The SMILES string of the molecule is CCCN(CCC)C(=O)c1cccc(C(=O)N[C@@H](Cc2ccccc2)P(=O)(O)CC(C)C(=O)NC(C)C)c1. The van der Waals surface area contributed by atoms with Gasteiger partial charge >= 0.3 is 0 Å². The second kappa shape index (κ2) is 14.8. The molecular weight excluding hydrogens is 501 g/mol. The van der Waals surface area contributed by atoms with E-state index in [0.29, 0.717) is 18.7 Å². The first kappa shape index (κ1) is 31.3. The Balaban J connectivity index is 2.30. The highest BCUT2D eigenvalue weighted by Crippen LogP contribution is 2.48. The van der Waals surface area contributed by atoms with E-state index >= 15 is 0 Å². The lowest BCUT2D eigenvalue weighted by molar-refractivity contribution is -0.124. The van der Waals surface area contributed by atoms with E-state index in [9.17, 15) is 23.8 Å². The third-order valence-electron chi connectivity index (χ3n) is 6.12. The first-order valence-corrected chi connectivity index (χ1v) is 15.3. The second-order valence-electron chi connectivity index (χ2n) is 10.1. The smallest absolute Gasteiger partial charge is 0.253 e. The number of amides is 3. The summed E-state index contributed by atoms with van der Waals surface area (Å²) < 4.78 is 13.6. The average Bonchev–Trinajstić information content (AvgIpc) is 2.87. The highest BCUT2D eigenvalue weighted by molar-refractivity contribution is 7.58. The third-order valence-corrected chi connectivity index (χ3v) is 8.47. The molecule has 208 valence electrons. The summed E-state index contributed by atoms with van der Waals surface area (Å²) in [6, 6.07) is 15.5. The minimum atomic E-state index is -4.03. The quantitative estimate of drug-likeness (QED) is 0.299. The molecule has 0 radical (unpaired) electrons. The lowest BCUT2D eigenvalue weighted by Crippen LogP contribution is -2.40. The Kier molecular flexibility index (Phi) is 12.2. The van der Waals surface area contributed by atoms with Crippen molar-refractivity contribution >= 4 is 25.1 Å². The average molecular weight is 544 g/mol. The molecule has 38 heavy (non-hydrogen) atoms. The van der Waals surface area contributed by atoms with E-state index in [4.69, 9.17) is 0 Å². The van der Waals surface area contributed by atoms with Gasteiger partial charge in [-0.2, -0.15) is 0 Å². The zero-order valence-electron chi connectivity index (χ0n) is 23.1. The van der Waals surface area contributed by atoms with E-state index in [-0.39, 0.29) is 36.0 Å². The molecule has 0 spiro atoms. The maximum Gasteiger partial charge on any atom is 0.253 e. The van der Waals surface area contributed by atoms with Crippen LogP contribution in [0.25, 0.3) is 0 Å². The van der Waals surface area contributed by atoms with Crippen LogP contribution in [0.4, 0.5) is 0 Å². The highest BCUT2D eigenvalue weighted by atomic mass is 31.2. The molecule has 3 atom stereocenters. The molecule has 3 N–H and O–H groups in total. The Hall–Kier alpha value is -2.96. The van der Waals surface area contributed by atoms with Gasteiger partial charge in [0, 0.05) is 48.8 Å². The summed E-state index contributed by atoms with van der Waals surface area (Å²) in [6.07, 6.45) is 1.50. The van der Waals surface area contributed by atoms with Crippen LogP contribution in [-0.4, -0.2) is 58.6 Å². The Morgan fingerprint density at radius 2 is 1.50 bits per heavy atom. The molecule has 2 unspecified atom stereocenters. The topological polar surface area (TPSA) is 116 Å². The fourth-order valence-corrected chi connectivity index (χ4v) is 6.25. The molecule has 3 amide bonds. The Labute approximate surface area is 226 Å². The van der Waals surface area contributed by atoms with Crippen LogP contribution >= 0.6 is 7.37 Å². The van der Waals surface area contributed by atoms with Gasteiger partial charge in [-0.3, -0.25) is 18.9 Å². The molecule has 0 aliphatic rings. The third kappa shape index (κ3) is 9.41. The van der Waals surface area contributed by atoms with E-state index in [1.54, 1.807) is 30.0 Å². The van der Waals surface area contributed by atoms with Gasteiger partial charge in [0.25, 0.3) is 11.8 Å². The summed E-state index contributed by atoms with van der Waals surface area (Å²) in [5.41, 5.74) is 1.41. The number of rotatable bonds is 14. The van der Waals surface area contributed by atoms with Gasteiger partial charge in [-0.15, -0.1) is 0 Å². The van der Waals surface area contributed by atoms with Crippen LogP contribution in [0.2, 0.25) is 0 Å². The van der Waals surface area contributed by atoms with Gasteiger partial charge in [0.05, 0.1) is 0 Å². The predicted molar refractivity (Wildman–Crippen MR) is 151 cm³/mol. The molecule has 0 aliphatic heterocycles. The highest BCUT2D eigenvalue weighted by Gasteiger charge is 2.36. The minimum Gasteiger partial charge on any atom is -0.354 e. The molecule has 0 aliphatic carbocycles. The predicted octanol–water partition coefficient (Wildman–Crippen LogP) is 4.68. The number of nitrogens with zero attached hydrogens (tertiary/aromatic N) is 1. The van der Waals surface area contributed by atoms with Crippen molar-refractivity contribution in [2.24, 2.45) is 5.92 Å². The van der Waals surface area contributed by atoms with Gasteiger partial charge in [-0.25, -0.2) is 0 Å². The molecule has 2 aromatic carbocycles. The summed E-state index contributed by atoms with van der Waals surface area (Å²) >= 11 is 0. The number of hydrogen-bond acceptors (Lipinski definition) is 4. The van der Waals surface area contributed by atoms with Crippen molar-refractivity contribution in [1.29, 1.82) is 0 Å². The van der Waals surface area contributed by atoms with Crippen LogP contribution in [-0.2, 0) is 15.8 Å². The van der Waals surface area contributed by atoms with E-state index in [1.807, 2.05) is 58.0 Å². The fraction of sp³-hybridized carbons (Fsp3) is 0.483. The van der Waals surface area contributed by atoms with Crippen molar-refractivity contribution in [1.82, 2.24) is 15.5 Å². The van der Waals surface area contributed by atoms with Gasteiger partial charge in [0.15, 0.2) is 0 Å². The Morgan fingerprint density at radius 3 is 2.08 bits per heavy atom. The fourth-order valence-electron chi connectivity index (χ4n) is 4.23. The maximum absolute atomic E-state index is 13.6. The van der Waals surface area contributed by atoms with Gasteiger partial charge in [0.1, 0.15) is 5.78 Å². The van der Waals surface area contributed by atoms with Crippen LogP contribution in [0, 0.1) is 5.92 Å². The largest absolute Gasteiger partial charge is 0.354 e. The number of hydrogen-bond donors (Lipinski definition) is 3. The van der Waals surface area contributed by atoms with Crippen molar-refractivity contribution in [2.45, 2.75) is 65.7 Å². The molecule has 2 aromatic rings. The van der Waals surface area contributed by atoms with E-state index in [1.165, 1.54) is 6.07 Å². The molecular formula is C29H42N3O5P. The van der Waals surface area contributed by atoms with Crippen LogP contribution in [0.5, 0.6) is 0 Å². The number of nitrogens with one attached hydrogen (secondary N) is 2. The number of carbonyl (C=O) groups is 3. The Morgan fingerprint density at radius 1 is 0.895 bits per heavy atom. The standard InChI is InChI=1S/C29H42N3O5P/c1-6-16-32(17-7-2)29(35)25-15-11-14-24(19-25)28(34)31-26(18-23-12-9-8-10-13-23)38(36,37)20-22(5)27(33)30-21(3)4/h8-15,19,21-22,26H,6-7,16-18,20H2,1-5H3,(H,30,33)(H,31,34)(H,36,37)/t22?,26-/m1/s1. The summed E-state index contributed by atoms with van der Waals surface area (Å²) in [5, 5.41) is 5.51. The van der Waals surface area contributed by atoms with Gasteiger partial charge in [-0.1, -0.05) is 57.2 Å². The zero-order valence-corrected chi connectivity index (χ0v) is 24.0. The maximum atomic E-state index is 13.6. The molecule has 8 nitrogen and oxygen atoms in total. The Bertz CT molecular complexity index is 1120. The molecule has 0 bridgehead atoms. The summed E-state index contributed by atoms with van der Waals surface area (Å²) in [5.74, 6) is -2.84.